The highest BCUT2D eigenvalue weighted by atomic mass is 16.6. The van der Waals surface area contributed by atoms with Gasteiger partial charge in [0.05, 0.1) is 23.5 Å². The lowest BCUT2D eigenvalue weighted by Gasteiger charge is -2.29. The molecule has 2 heterocycles. The minimum atomic E-state index is -0.692. The molecule has 0 amide bonds. The van der Waals surface area contributed by atoms with E-state index in [1.807, 2.05) is 32.2 Å². The zero-order valence-corrected chi connectivity index (χ0v) is 21.2. The number of aromatic nitrogens is 2. The molecule has 192 valence electrons. The number of dihydropyridines is 1. The van der Waals surface area contributed by atoms with Crippen LogP contribution in [0.1, 0.15) is 42.6 Å². The number of ether oxygens (including phenoxy) is 1. The number of nitrogens with zero attached hydrogens (tertiary/aromatic N) is 4. The highest BCUT2D eigenvalue weighted by Gasteiger charge is 2.37. The maximum Gasteiger partial charge on any atom is 0.336 e. The number of nitro groups is 1. The van der Waals surface area contributed by atoms with Gasteiger partial charge in [0, 0.05) is 48.6 Å². The van der Waals surface area contributed by atoms with Gasteiger partial charge < -0.3 is 19.5 Å². The summed E-state index contributed by atoms with van der Waals surface area (Å²) < 4.78 is 10.7. The van der Waals surface area contributed by atoms with Crippen molar-refractivity contribution in [1.82, 2.24) is 20.4 Å². The molecular weight excluding hydrogens is 474 g/mol. The van der Waals surface area contributed by atoms with Crippen LogP contribution in [0.2, 0.25) is 0 Å². The number of hydrogen-bond acceptors (Lipinski definition) is 9. The Morgan fingerprint density at radius 2 is 1.92 bits per heavy atom. The zero-order chi connectivity index (χ0) is 26.5. The number of methoxy groups -OCH3 is 1. The molecule has 1 aromatic heterocycles. The third-order valence-corrected chi connectivity index (χ3v) is 6.29. The summed E-state index contributed by atoms with van der Waals surface area (Å²) in [5.41, 5.74) is 3.87. The van der Waals surface area contributed by atoms with Crippen LogP contribution in [0.5, 0.6) is 0 Å². The predicted octanol–water partition coefficient (Wildman–Crippen LogP) is 4.22. The number of nitrogens with one attached hydrogen (secondary N) is 1. The number of esters is 1. The van der Waals surface area contributed by atoms with Gasteiger partial charge in [0.1, 0.15) is 0 Å². The number of benzene rings is 2. The molecule has 37 heavy (non-hydrogen) atoms. The van der Waals surface area contributed by atoms with Crippen molar-refractivity contribution in [2.45, 2.75) is 32.7 Å². The normalized spacial score (nSPS) is 15.6. The van der Waals surface area contributed by atoms with E-state index in [4.69, 9.17) is 9.26 Å². The molecule has 0 radical (unpaired) electrons. The smallest absolute Gasteiger partial charge is 0.336 e. The molecule has 0 saturated carbocycles. The van der Waals surface area contributed by atoms with Gasteiger partial charge in [-0.15, -0.1) is 0 Å². The number of nitro benzene ring substituents is 1. The number of carbonyl (C=O) groups is 1. The number of carbonyl (C=O) groups excluding carboxylic acids is 1. The molecule has 1 N–H and O–H groups in total. The maximum atomic E-state index is 12.8. The van der Waals surface area contributed by atoms with Crippen molar-refractivity contribution < 1.29 is 19.0 Å². The summed E-state index contributed by atoms with van der Waals surface area (Å²) in [7, 11) is 3.33. The molecule has 3 aromatic rings. The van der Waals surface area contributed by atoms with Crippen molar-refractivity contribution in [2.24, 2.45) is 0 Å². The first-order valence-electron chi connectivity index (χ1n) is 11.8. The first kappa shape index (κ1) is 25.8. The van der Waals surface area contributed by atoms with Crippen molar-refractivity contribution in [2.75, 3.05) is 20.7 Å². The lowest BCUT2D eigenvalue weighted by atomic mass is 9.80. The average molecular weight is 504 g/mol. The van der Waals surface area contributed by atoms with Crippen molar-refractivity contribution >= 4 is 17.2 Å². The second-order valence-electron chi connectivity index (χ2n) is 8.97. The van der Waals surface area contributed by atoms with Crippen LogP contribution in [-0.2, 0) is 22.5 Å². The SMILES string of the molecule is COC(=O)C1=C(C)NC(C)=C(c2nc(CCN(C)Cc3ccccc3)no2)C1c1cccc([N+](=O)[O-])c1. The fraction of sp³-hybridized carbons (Fsp3) is 0.296. The Morgan fingerprint density at radius 3 is 2.62 bits per heavy atom. The summed E-state index contributed by atoms with van der Waals surface area (Å²) in [5.74, 6) is -0.466. The molecular formula is C27H29N5O5. The molecule has 1 aliphatic rings. The summed E-state index contributed by atoms with van der Waals surface area (Å²) in [5, 5.41) is 18.8. The Balaban J connectivity index is 1.63. The molecule has 10 nitrogen and oxygen atoms in total. The summed E-state index contributed by atoms with van der Waals surface area (Å²) in [4.78, 5) is 30.6. The summed E-state index contributed by atoms with van der Waals surface area (Å²) in [6, 6.07) is 16.4. The fourth-order valence-corrected chi connectivity index (χ4v) is 4.54. The number of hydrogen-bond donors (Lipinski definition) is 1. The molecule has 0 fully saturated rings. The van der Waals surface area contributed by atoms with Gasteiger partial charge in [-0.1, -0.05) is 47.6 Å². The van der Waals surface area contributed by atoms with Gasteiger partial charge in [-0.25, -0.2) is 4.79 Å². The van der Waals surface area contributed by atoms with E-state index in [9.17, 15) is 14.9 Å². The zero-order valence-electron chi connectivity index (χ0n) is 21.2. The Morgan fingerprint density at radius 1 is 1.16 bits per heavy atom. The van der Waals surface area contributed by atoms with E-state index < -0.39 is 16.8 Å². The number of allylic oxidation sites excluding steroid dienone is 3. The Labute approximate surface area is 214 Å². The van der Waals surface area contributed by atoms with Crippen LogP contribution >= 0.6 is 0 Å². The third kappa shape index (κ3) is 5.75. The molecule has 0 spiro atoms. The van der Waals surface area contributed by atoms with Gasteiger partial charge in [0.2, 0.25) is 0 Å². The van der Waals surface area contributed by atoms with E-state index in [0.717, 1.165) is 6.54 Å². The van der Waals surface area contributed by atoms with E-state index in [1.165, 1.54) is 24.8 Å². The quantitative estimate of drug-likeness (QED) is 0.260. The van der Waals surface area contributed by atoms with Gasteiger partial charge in [-0.2, -0.15) is 4.98 Å². The van der Waals surface area contributed by atoms with E-state index in [0.29, 0.717) is 46.9 Å². The molecule has 4 rings (SSSR count). The Bertz CT molecular complexity index is 1360. The molecule has 10 heteroatoms. The Kier molecular flexibility index (Phi) is 7.78. The fourth-order valence-electron chi connectivity index (χ4n) is 4.54. The van der Waals surface area contributed by atoms with Gasteiger partial charge in [-0.05, 0) is 32.0 Å². The first-order valence-corrected chi connectivity index (χ1v) is 11.8. The average Bonchev–Trinajstić information content (AvgIpc) is 3.35. The standard InChI is InChI=1S/C27H29N5O5/c1-17-23(26-29-22(30-37-26)13-14-31(3)16-19-9-6-5-7-10-19)25(24(18(2)28-17)27(33)36-4)20-11-8-12-21(15-20)32(34)35/h5-12,15,25,28H,13-14,16H2,1-4H3. The van der Waals surface area contributed by atoms with Crippen LogP contribution in [0.25, 0.3) is 5.57 Å². The molecule has 2 aromatic carbocycles. The third-order valence-electron chi connectivity index (χ3n) is 6.29. The van der Waals surface area contributed by atoms with Crippen molar-refractivity contribution in [3.8, 4) is 0 Å². The highest BCUT2D eigenvalue weighted by molar-refractivity contribution is 5.96. The van der Waals surface area contributed by atoms with Crippen LogP contribution in [-0.4, -0.2) is 46.6 Å². The second kappa shape index (κ2) is 11.2. The number of rotatable bonds is 9. The monoisotopic (exact) mass is 503 g/mol. The summed E-state index contributed by atoms with van der Waals surface area (Å²) in [6.07, 6.45) is 0.562. The van der Waals surface area contributed by atoms with Crippen molar-refractivity contribution in [3.63, 3.8) is 0 Å². The van der Waals surface area contributed by atoms with Crippen molar-refractivity contribution in [3.05, 3.63) is 105 Å². The Hall–Kier alpha value is -4.31. The van der Waals surface area contributed by atoms with Crippen LogP contribution < -0.4 is 5.32 Å². The van der Waals surface area contributed by atoms with Gasteiger partial charge in [0.15, 0.2) is 5.82 Å². The highest BCUT2D eigenvalue weighted by Crippen LogP contribution is 2.43. The number of non-ortho nitro benzene ring substituents is 1. The molecule has 0 saturated heterocycles. The maximum absolute atomic E-state index is 12.8. The van der Waals surface area contributed by atoms with Gasteiger partial charge in [0.25, 0.3) is 11.6 Å². The van der Waals surface area contributed by atoms with Gasteiger partial charge in [-0.3, -0.25) is 10.1 Å². The minimum absolute atomic E-state index is 0.0809. The van der Waals surface area contributed by atoms with E-state index in [1.54, 1.807) is 19.1 Å². The number of likely N-dealkylation sites (N-methyl/N-ethyl adjacent to an activating group) is 1. The van der Waals surface area contributed by atoms with Crippen molar-refractivity contribution in [1.29, 1.82) is 0 Å². The van der Waals surface area contributed by atoms with Gasteiger partial charge >= 0.3 is 5.97 Å². The second-order valence-corrected chi connectivity index (χ2v) is 8.97. The molecule has 1 unspecified atom stereocenters. The van der Waals surface area contributed by atoms with Crippen LogP contribution in [0, 0.1) is 10.1 Å². The van der Waals surface area contributed by atoms with E-state index >= 15 is 0 Å². The van der Waals surface area contributed by atoms with E-state index in [-0.39, 0.29) is 11.6 Å². The van der Waals surface area contributed by atoms with Crippen LogP contribution in [0.4, 0.5) is 5.69 Å². The largest absolute Gasteiger partial charge is 0.466 e. The molecule has 0 aliphatic carbocycles. The molecule has 1 aliphatic heterocycles. The lowest BCUT2D eigenvalue weighted by molar-refractivity contribution is -0.384. The first-order chi connectivity index (χ1) is 17.8. The minimum Gasteiger partial charge on any atom is -0.466 e. The molecule has 1 atom stereocenters. The lowest BCUT2D eigenvalue weighted by Crippen LogP contribution is -2.28. The summed E-state index contributed by atoms with van der Waals surface area (Å²) in [6.45, 7) is 5.11. The topological polar surface area (TPSA) is 124 Å². The summed E-state index contributed by atoms with van der Waals surface area (Å²) >= 11 is 0. The predicted molar refractivity (Wildman–Crippen MR) is 137 cm³/mol. The van der Waals surface area contributed by atoms with Crippen LogP contribution in [0.3, 0.4) is 0 Å². The van der Waals surface area contributed by atoms with Crippen LogP contribution in [0.15, 0.2) is 76.1 Å². The van der Waals surface area contributed by atoms with E-state index in [2.05, 4.69) is 32.5 Å². The molecule has 0 bridgehead atoms.